The highest BCUT2D eigenvalue weighted by molar-refractivity contribution is 5.92. The zero-order valence-electron chi connectivity index (χ0n) is 18.7. The number of anilines is 1. The van der Waals surface area contributed by atoms with Gasteiger partial charge in [0, 0.05) is 42.9 Å². The number of methoxy groups -OCH3 is 1. The van der Waals surface area contributed by atoms with Crippen molar-refractivity contribution in [3.63, 3.8) is 0 Å². The molecule has 2 heterocycles. The molecule has 4 rings (SSSR count). The molecule has 0 saturated carbocycles. The van der Waals surface area contributed by atoms with E-state index in [0.29, 0.717) is 30.5 Å². The molecule has 0 radical (unpaired) electrons. The van der Waals surface area contributed by atoms with Crippen molar-refractivity contribution < 1.29 is 18.8 Å². The molecule has 1 saturated heterocycles. The maximum atomic E-state index is 12.8. The van der Waals surface area contributed by atoms with Crippen molar-refractivity contribution in [1.29, 1.82) is 0 Å². The molecule has 1 atom stereocenters. The third-order valence-corrected chi connectivity index (χ3v) is 5.53. The summed E-state index contributed by atoms with van der Waals surface area (Å²) in [5.74, 6) is 1.54. The van der Waals surface area contributed by atoms with Crippen LogP contribution < -0.4 is 10.1 Å². The van der Waals surface area contributed by atoms with E-state index in [1.54, 1.807) is 31.4 Å². The van der Waals surface area contributed by atoms with Gasteiger partial charge in [0.1, 0.15) is 5.75 Å². The lowest BCUT2D eigenvalue weighted by Crippen LogP contribution is -2.38. The van der Waals surface area contributed by atoms with Crippen LogP contribution in [0.2, 0.25) is 0 Å². The quantitative estimate of drug-likeness (QED) is 0.572. The summed E-state index contributed by atoms with van der Waals surface area (Å²) in [4.78, 5) is 30.3. The maximum Gasteiger partial charge on any atom is 0.246 e. The average molecular weight is 447 g/mol. The number of hydrogen-bond acceptors (Lipinski definition) is 6. The molecule has 0 unspecified atom stereocenters. The Kier molecular flexibility index (Phi) is 6.83. The fourth-order valence-corrected chi connectivity index (χ4v) is 3.87. The highest BCUT2D eigenvalue weighted by atomic mass is 16.5. The summed E-state index contributed by atoms with van der Waals surface area (Å²) >= 11 is 0. The minimum Gasteiger partial charge on any atom is -0.496 e. The highest BCUT2D eigenvalue weighted by Gasteiger charge is 2.28. The Morgan fingerprint density at radius 1 is 1.18 bits per heavy atom. The van der Waals surface area contributed by atoms with Crippen LogP contribution in [0, 0.1) is 0 Å². The molecule has 0 spiro atoms. The molecule has 170 valence electrons. The fourth-order valence-electron chi connectivity index (χ4n) is 3.87. The predicted octanol–water partition coefficient (Wildman–Crippen LogP) is 4.12. The fraction of sp³-hybridized carbons (Fsp3) is 0.280. The first kappa shape index (κ1) is 22.3. The third-order valence-electron chi connectivity index (χ3n) is 5.53. The van der Waals surface area contributed by atoms with Crippen molar-refractivity contribution in [3.8, 4) is 17.1 Å². The molecular formula is C25H26N4O4. The van der Waals surface area contributed by atoms with Gasteiger partial charge in [-0.15, -0.1) is 0 Å². The Bertz CT molecular complexity index is 1150. The van der Waals surface area contributed by atoms with Gasteiger partial charge in [-0.2, -0.15) is 4.98 Å². The summed E-state index contributed by atoms with van der Waals surface area (Å²) in [5.41, 5.74) is 2.35. The van der Waals surface area contributed by atoms with Gasteiger partial charge in [-0.1, -0.05) is 23.4 Å². The van der Waals surface area contributed by atoms with Gasteiger partial charge in [-0.3, -0.25) is 9.59 Å². The molecule has 1 N–H and O–H groups in total. The summed E-state index contributed by atoms with van der Waals surface area (Å²) < 4.78 is 10.9. The summed E-state index contributed by atoms with van der Waals surface area (Å²) in [5, 5.41) is 6.84. The first-order chi connectivity index (χ1) is 16.0. The molecule has 1 fully saturated rings. The topological polar surface area (TPSA) is 97.6 Å². The number of ether oxygens (including phenoxy) is 1. The lowest BCUT2D eigenvalue weighted by molar-refractivity contribution is -0.127. The first-order valence-electron chi connectivity index (χ1n) is 10.8. The largest absolute Gasteiger partial charge is 0.496 e. The summed E-state index contributed by atoms with van der Waals surface area (Å²) in [6, 6.07) is 14.8. The lowest BCUT2D eigenvalue weighted by atomic mass is 9.98. The predicted molar refractivity (Wildman–Crippen MR) is 125 cm³/mol. The summed E-state index contributed by atoms with van der Waals surface area (Å²) in [6.45, 7) is 2.68. The SMILES string of the molecule is COc1ccccc1/C=C/C(=O)N1CCC[C@H](c2nc(-c3ccc(NC(C)=O)cc3)no2)C1. The summed E-state index contributed by atoms with van der Waals surface area (Å²) in [7, 11) is 1.61. The molecule has 8 nitrogen and oxygen atoms in total. The van der Waals surface area contributed by atoms with Crippen LogP contribution in [0.4, 0.5) is 5.69 Å². The second kappa shape index (κ2) is 10.1. The van der Waals surface area contributed by atoms with Crippen LogP contribution in [0.5, 0.6) is 5.75 Å². The van der Waals surface area contributed by atoms with E-state index in [9.17, 15) is 9.59 Å². The van der Waals surface area contributed by atoms with E-state index in [4.69, 9.17) is 9.26 Å². The van der Waals surface area contributed by atoms with E-state index >= 15 is 0 Å². The van der Waals surface area contributed by atoms with Gasteiger partial charge in [-0.25, -0.2) is 0 Å². The smallest absolute Gasteiger partial charge is 0.246 e. The highest BCUT2D eigenvalue weighted by Crippen LogP contribution is 2.28. The molecule has 8 heteroatoms. The van der Waals surface area contributed by atoms with Crippen molar-refractivity contribution in [2.75, 3.05) is 25.5 Å². The lowest BCUT2D eigenvalue weighted by Gasteiger charge is -2.30. The number of nitrogens with zero attached hydrogens (tertiary/aromatic N) is 3. The Hall–Kier alpha value is -3.94. The maximum absolute atomic E-state index is 12.8. The number of rotatable bonds is 6. The number of benzene rings is 2. The average Bonchev–Trinajstić information content (AvgIpc) is 3.33. The van der Waals surface area contributed by atoms with E-state index in [1.807, 2.05) is 41.3 Å². The van der Waals surface area contributed by atoms with E-state index < -0.39 is 0 Å². The van der Waals surface area contributed by atoms with Crippen molar-refractivity contribution >= 4 is 23.6 Å². The Labute approximate surface area is 192 Å². The zero-order chi connectivity index (χ0) is 23.2. The number of para-hydroxylation sites is 1. The molecule has 1 aromatic heterocycles. The molecule has 0 bridgehead atoms. The van der Waals surface area contributed by atoms with Crippen LogP contribution in [0.15, 0.2) is 59.1 Å². The van der Waals surface area contributed by atoms with Gasteiger partial charge in [0.2, 0.25) is 23.5 Å². The number of carbonyl (C=O) groups excluding carboxylic acids is 2. The van der Waals surface area contributed by atoms with Crippen LogP contribution in [-0.2, 0) is 9.59 Å². The molecular weight excluding hydrogens is 420 g/mol. The molecule has 0 aliphatic carbocycles. The third kappa shape index (κ3) is 5.46. The molecule has 3 aromatic rings. The van der Waals surface area contributed by atoms with Crippen LogP contribution >= 0.6 is 0 Å². The van der Waals surface area contributed by atoms with E-state index in [2.05, 4.69) is 15.5 Å². The van der Waals surface area contributed by atoms with Crippen molar-refractivity contribution in [2.45, 2.75) is 25.7 Å². The monoisotopic (exact) mass is 446 g/mol. The van der Waals surface area contributed by atoms with Crippen LogP contribution in [0.1, 0.15) is 37.1 Å². The standard InChI is InChI=1S/C25H26N4O4/c1-17(30)26-21-12-9-19(10-13-21)24-27-25(33-28-24)20-7-5-15-29(16-20)23(31)14-11-18-6-3-4-8-22(18)32-2/h3-4,6,8-14,20H,5,7,15-16H2,1-2H3,(H,26,30)/b14-11+/t20-/m0/s1. The molecule has 33 heavy (non-hydrogen) atoms. The second-order valence-corrected chi connectivity index (χ2v) is 7.91. The van der Waals surface area contributed by atoms with Crippen molar-refractivity contribution in [1.82, 2.24) is 15.0 Å². The van der Waals surface area contributed by atoms with Crippen molar-refractivity contribution in [3.05, 3.63) is 66.1 Å². The van der Waals surface area contributed by atoms with E-state index in [0.717, 1.165) is 29.7 Å². The van der Waals surface area contributed by atoms with Gasteiger partial charge in [0.25, 0.3) is 0 Å². The van der Waals surface area contributed by atoms with Gasteiger partial charge in [0.15, 0.2) is 0 Å². The molecule has 1 aliphatic heterocycles. The summed E-state index contributed by atoms with van der Waals surface area (Å²) in [6.07, 6.45) is 5.10. The van der Waals surface area contributed by atoms with Crippen LogP contribution in [0.3, 0.4) is 0 Å². The number of piperidine rings is 1. The molecule has 2 aromatic carbocycles. The van der Waals surface area contributed by atoms with E-state index in [1.165, 1.54) is 6.92 Å². The minimum absolute atomic E-state index is 0.0118. The first-order valence-corrected chi connectivity index (χ1v) is 10.8. The zero-order valence-corrected chi connectivity index (χ0v) is 18.7. The number of carbonyl (C=O) groups is 2. The number of hydrogen-bond donors (Lipinski definition) is 1. The Morgan fingerprint density at radius 2 is 1.97 bits per heavy atom. The normalized spacial score (nSPS) is 16.1. The van der Waals surface area contributed by atoms with Gasteiger partial charge in [0.05, 0.1) is 13.0 Å². The molecule has 2 amide bonds. The van der Waals surface area contributed by atoms with Gasteiger partial charge >= 0.3 is 0 Å². The van der Waals surface area contributed by atoms with Crippen molar-refractivity contribution in [2.24, 2.45) is 0 Å². The Morgan fingerprint density at radius 3 is 2.73 bits per heavy atom. The van der Waals surface area contributed by atoms with E-state index in [-0.39, 0.29) is 17.7 Å². The number of amides is 2. The minimum atomic E-state index is -0.126. The van der Waals surface area contributed by atoms with Gasteiger partial charge < -0.3 is 19.5 Å². The number of likely N-dealkylation sites (tertiary alicyclic amines) is 1. The second-order valence-electron chi connectivity index (χ2n) is 7.91. The van der Waals surface area contributed by atoms with Gasteiger partial charge in [-0.05, 0) is 49.2 Å². The Balaban J connectivity index is 1.41. The number of nitrogens with one attached hydrogen (secondary N) is 1. The van der Waals surface area contributed by atoms with Crippen LogP contribution in [-0.4, -0.2) is 47.1 Å². The number of aromatic nitrogens is 2. The molecule has 1 aliphatic rings. The van der Waals surface area contributed by atoms with Crippen LogP contribution in [0.25, 0.3) is 17.5 Å².